The highest BCUT2D eigenvalue weighted by Gasteiger charge is 2.71. The summed E-state index contributed by atoms with van der Waals surface area (Å²) >= 11 is 0. The van der Waals surface area contributed by atoms with Crippen LogP contribution in [0.3, 0.4) is 0 Å². The van der Waals surface area contributed by atoms with Crippen molar-refractivity contribution >= 4 is 23.5 Å². The maximum atomic E-state index is 16.8. The molecule has 0 radical (unpaired) electrons. The van der Waals surface area contributed by atoms with Gasteiger partial charge in [0, 0.05) is 42.3 Å². The normalized spacial score (nSPS) is 45.5. The van der Waals surface area contributed by atoms with Crippen LogP contribution >= 0.6 is 0 Å². The second kappa shape index (κ2) is 15.0. The number of terminal acetylenes is 1. The fraction of sp³-hybridized carbons (Fsp3) is 0.789. The Morgan fingerprint density at radius 3 is 2.35 bits per heavy atom. The molecule has 4 aliphatic heterocycles. The van der Waals surface area contributed by atoms with E-state index in [1.54, 1.807) is 40.7 Å². The van der Waals surface area contributed by atoms with Crippen LogP contribution in [0.5, 0.6) is 0 Å². The van der Waals surface area contributed by atoms with Gasteiger partial charge in [0.05, 0.1) is 17.8 Å². The number of hydrogen-bond donors (Lipinski definition) is 1. The molecule has 0 bridgehead atoms. The summed E-state index contributed by atoms with van der Waals surface area (Å²) < 4.78 is 47.5. The molecule has 0 aromatic heterocycles. The summed E-state index contributed by atoms with van der Waals surface area (Å²) in [6.45, 7) is 16.5. The second-order valence-corrected chi connectivity index (χ2v) is 16.0. The van der Waals surface area contributed by atoms with E-state index in [2.05, 4.69) is 12.5 Å². The van der Waals surface area contributed by atoms with Crippen LogP contribution in [0, 0.1) is 35.5 Å². The fourth-order valence-electron chi connectivity index (χ4n) is 9.42. The first kappa shape index (κ1) is 41.0. The van der Waals surface area contributed by atoms with E-state index in [9.17, 15) is 24.3 Å². The number of likely N-dealkylation sites (tertiary alicyclic amines) is 1. The molecule has 1 N–H and O–H groups in total. The summed E-state index contributed by atoms with van der Waals surface area (Å²) in [7, 11) is 3.62. The Kier molecular flexibility index (Phi) is 12.0. The zero-order valence-electron chi connectivity index (χ0n) is 31.8. The van der Waals surface area contributed by atoms with Crippen molar-refractivity contribution in [3.63, 3.8) is 0 Å². The molecule has 51 heavy (non-hydrogen) atoms. The molecule has 4 rings (SSSR count). The monoisotopic (exact) mass is 720 g/mol. The van der Waals surface area contributed by atoms with Crippen LogP contribution in [0.2, 0.25) is 0 Å². The highest BCUT2D eigenvalue weighted by Crippen LogP contribution is 2.56. The highest BCUT2D eigenvalue weighted by atomic mass is 19.1. The predicted molar refractivity (Wildman–Crippen MR) is 185 cm³/mol. The van der Waals surface area contributed by atoms with Gasteiger partial charge in [-0.3, -0.25) is 19.3 Å². The SMILES string of the molecule is C#CCO[C@@]1(C)C[C@@H](C)C(=O)[C@]2(C)CN(CC=C)[C@H]3C(=O)O[C@](C)([C@@H](CC)OC(=O)[C@](C)(F)C(=O)[C@H](C)[C@H]1O[C@@H]1O[C@H](C)C[C@H](N(C)C)[C@H]1O)[C@H]32. The zero-order chi connectivity index (χ0) is 38.4. The third-order valence-electron chi connectivity index (χ3n) is 11.8. The Labute approximate surface area is 301 Å². The summed E-state index contributed by atoms with van der Waals surface area (Å²) in [5, 5.41) is 11.4. The number of alkyl halides is 1. The van der Waals surface area contributed by atoms with Crippen LogP contribution < -0.4 is 0 Å². The first-order valence-corrected chi connectivity index (χ1v) is 17.9. The van der Waals surface area contributed by atoms with Gasteiger partial charge in [0.25, 0.3) is 5.67 Å². The molecule has 0 aromatic rings. The van der Waals surface area contributed by atoms with Gasteiger partial charge in [-0.25, -0.2) is 9.18 Å². The first-order chi connectivity index (χ1) is 23.6. The Hall–Kier alpha value is -2.73. The van der Waals surface area contributed by atoms with Crippen molar-refractivity contribution in [2.45, 2.75) is 134 Å². The molecular weight excluding hydrogens is 663 g/mol. The Morgan fingerprint density at radius 1 is 1.14 bits per heavy atom. The van der Waals surface area contributed by atoms with Crippen molar-refractivity contribution in [3.05, 3.63) is 12.7 Å². The molecule has 0 spiro atoms. The second-order valence-electron chi connectivity index (χ2n) is 16.0. The van der Waals surface area contributed by atoms with Gasteiger partial charge in [0.15, 0.2) is 17.7 Å². The minimum Gasteiger partial charge on any atom is -0.455 e. The topological polar surface area (TPSA) is 141 Å². The lowest BCUT2D eigenvalue weighted by Crippen LogP contribution is -2.61. The molecule has 4 heterocycles. The number of carbonyl (C=O) groups excluding carboxylic acids is 4. The van der Waals surface area contributed by atoms with Crippen LogP contribution in [0.4, 0.5) is 4.39 Å². The van der Waals surface area contributed by atoms with Crippen LogP contribution in [-0.2, 0) is 42.9 Å². The zero-order valence-corrected chi connectivity index (χ0v) is 31.8. The molecule has 0 amide bonds. The maximum Gasteiger partial charge on any atom is 0.351 e. The average Bonchev–Trinajstić information content (AvgIpc) is 3.53. The molecule has 286 valence electrons. The van der Waals surface area contributed by atoms with Crippen molar-refractivity contribution in [1.82, 2.24) is 9.80 Å². The Bertz CT molecular complexity index is 1410. The molecular formula is C38H57FN2O10. The van der Waals surface area contributed by atoms with Crippen molar-refractivity contribution in [1.29, 1.82) is 0 Å². The largest absolute Gasteiger partial charge is 0.455 e. The van der Waals surface area contributed by atoms with Gasteiger partial charge in [-0.2, -0.15) is 0 Å². The number of cyclic esters (lactones) is 1. The summed E-state index contributed by atoms with van der Waals surface area (Å²) in [6, 6.07) is -1.25. The molecule has 12 nitrogen and oxygen atoms in total. The van der Waals surface area contributed by atoms with Gasteiger partial charge in [0.2, 0.25) is 0 Å². The summed E-state index contributed by atoms with van der Waals surface area (Å²) in [4.78, 5) is 60.3. The minimum atomic E-state index is -3.19. The smallest absolute Gasteiger partial charge is 0.351 e. The van der Waals surface area contributed by atoms with Gasteiger partial charge >= 0.3 is 11.9 Å². The molecule has 0 aromatic carbocycles. The number of aliphatic hydroxyl groups excluding tert-OH is 1. The third-order valence-corrected chi connectivity index (χ3v) is 11.8. The van der Waals surface area contributed by atoms with Crippen LogP contribution in [-0.4, -0.2) is 132 Å². The third kappa shape index (κ3) is 7.17. The number of nitrogens with zero attached hydrogens (tertiary/aromatic N) is 2. The standard InChI is InChI=1S/C38H57FN2O10/c1-13-16-41-20-35(7)28-26(41)32(45)51-38(28,10)25(15-3)49-34(46)37(9,39)30(44)23(6)31(36(8,47-17-14-2)19-21(4)29(35)43)50-33-27(42)24(40(11)12)18-22(5)48-33/h2,13,21-28,31,33,42H,1,15-20H2,3-12H3/t21-,22-,23+,24+,25-,26-,27-,28-,31-,33+,35-,36+,37-,38-/m1/s1. The quantitative estimate of drug-likeness (QED) is 0.171. The number of halogens is 1. The maximum absolute atomic E-state index is 16.8. The molecule has 0 aliphatic carbocycles. The summed E-state index contributed by atoms with van der Waals surface area (Å²) in [5.41, 5.74) is -7.52. The van der Waals surface area contributed by atoms with Gasteiger partial charge in [-0.1, -0.05) is 39.7 Å². The highest BCUT2D eigenvalue weighted by molar-refractivity contribution is 6.08. The fourth-order valence-corrected chi connectivity index (χ4v) is 9.42. The van der Waals surface area contributed by atoms with Crippen LogP contribution in [0.25, 0.3) is 0 Å². The lowest BCUT2D eigenvalue weighted by atomic mass is 9.62. The summed E-state index contributed by atoms with van der Waals surface area (Å²) in [6.07, 6.45) is 2.42. The van der Waals surface area contributed by atoms with E-state index >= 15 is 4.39 Å². The molecule has 14 atom stereocenters. The first-order valence-electron chi connectivity index (χ1n) is 17.9. The Morgan fingerprint density at radius 2 is 1.78 bits per heavy atom. The van der Waals surface area contributed by atoms with E-state index in [1.165, 1.54) is 6.92 Å². The van der Waals surface area contributed by atoms with Crippen LogP contribution in [0.1, 0.15) is 74.7 Å². The number of aliphatic hydroxyl groups is 1. The van der Waals surface area contributed by atoms with Gasteiger partial charge in [-0.15, -0.1) is 13.0 Å². The lowest BCUT2D eigenvalue weighted by molar-refractivity contribution is -0.296. The van der Waals surface area contributed by atoms with Gasteiger partial charge in [0.1, 0.15) is 30.6 Å². The van der Waals surface area contributed by atoms with Crippen molar-refractivity contribution < 1.29 is 52.4 Å². The number of Topliss-reactive ketones (excluding diaryl/α,β-unsaturated/α-hetero) is 2. The molecule has 4 saturated heterocycles. The van der Waals surface area contributed by atoms with Gasteiger partial charge < -0.3 is 33.7 Å². The number of rotatable bonds is 8. The predicted octanol–water partition coefficient (Wildman–Crippen LogP) is 2.88. The average molecular weight is 721 g/mol. The molecule has 0 unspecified atom stereocenters. The molecule has 13 heteroatoms. The number of likely N-dealkylation sites (N-methyl/N-ethyl adjacent to an activating group) is 1. The van der Waals surface area contributed by atoms with Crippen molar-refractivity contribution in [3.8, 4) is 12.3 Å². The minimum absolute atomic E-state index is 0.0596. The molecule has 0 saturated carbocycles. The molecule has 4 fully saturated rings. The summed E-state index contributed by atoms with van der Waals surface area (Å²) in [5.74, 6) is -4.02. The number of esters is 2. The van der Waals surface area contributed by atoms with E-state index in [0.29, 0.717) is 6.42 Å². The van der Waals surface area contributed by atoms with Crippen molar-refractivity contribution in [2.75, 3.05) is 33.8 Å². The lowest BCUT2D eigenvalue weighted by Gasteiger charge is -2.48. The number of ether oxygens (including phenoxy) is 5. The van der Waals surface area contributed by atoms with E-state index in [-0.39, 0.29) is 50.5 Å². The van der Waals surface area contributed by atoms with E-state index < -0.39 is 88.4 Å². The number of hydrogen-bond acceptors (Lipinski definition) is 12. The number of carbonyl (C=O) groups is 4. The van der Waals surface area contributed by atoms with E-state index in [0.717, 1.165) is 6.92 Å². The Balaban J connectivity index is 1.91. The molecule has 4 aliphatic rings. The van der Waals surface area contributed by atoms with Crippen LogP contribution in [0.15, 0.2) is 12.7 Å². The van der Waals surface area contributed by atoms with Crippen molar-refractivity contribution in [2.24, 2.45) is 23.2 Å². The van der Waals surface area contributed by atoms with Gasteiger partial charge in [-0.05, 0) is 61.1 Å². The number of ketones is 2. The van der Waals surface area contributed by atoms with E-state index in [1.807, 2.05) is 30.8 Å². The van der Waals surface area contributed by atoms with E-state index in [4.69, 9.17) is 30.1 Å².